The molecule has 7 heteroatoms. The third-order valence-corrected chi connectivity index (χ3v) is 4.79. The normalized spacial score (nSPS) is 15.0. The predicted octanol–water partition coefficient (Wildman–Crippen LogP) is 3.61. The molecule has 1 fully saturated rings. The minimum atomic E-state index is -0.730. The van der Waals surface area contributed by atoms with Crippen LogP contribution in [0.2, 0.25) is 5.02 Å². The van der Waals surface area contributed by atoms with E-state index in [9.17, 15) is 9.59 Å². The molecule has 2 aromatic carbocycles. The van der Waals surface area contributed by atoms with Crippen LogP contribution in [0.5, 0.6) is 5.75 Å². The van der Waals surface area contributed by atoms with Crippen LogP contribution in [0.3, 0.4) is 0 Å². The van der Waals surface area contributed by atoms with Gasteiger partial charge < -0.3 is 19.7 Å². The lowest BCUT2D eigenvalue weighted by atomic mass is 10.1. The summed E-state index contributed by atoms with van der Waals surface area (Å²) < 4.78 is 11.1. The van der Waals surface area contributed by atoms with Crippen LogP contribution < -0.4 is 10.1 Å². The van der Waals surface area contributed by atoms with Gasteiger partial charge in [0.15, 0.2) is 6.10 Å². The molecule has 28 heavy (non-hydrogen) atoms. The van der Waals surface area contributed by atoms with Crippen molar-refractivity contribution in [2.75, 3.05) is 31.6 Å². The second-order valence-electron chi connectivity index (χ2n) is 6.38. The van der Waals surface area contributed by atoms with E-state index in [2.05, 4.69) is 5.32 Å². The molecule has 1 heterocycles. The summed E-state index contributed by atoms with van der Waals surface area (Å²) in [7, 11) is 0. The summed E-state index contributed by atoms with van der Waals surface area (Å²) in [5.74, 6) is -0.00670. The first-order chi connectivity index (χ1) is 13.6. The Hall–Kier alpha value is -2.57. The molecule has 2 amide bonds. The molecule has 0 aliphatic carbocycles. The van der Waals surface area contributed by atoms with Gasteiger partial charge >= 0.3 is 0 Å². The number of hydrogen-bond acceptors (Lipinski definition) is 4. The van der Waals surface area contributed by atoms with Gasteiger partial charge in [0.1, 0.15) is 5.75 Å². The van der Waals surface area contributed by atoms with Crippen LogP contribution >= 0.6 is 11.6 Å². The summed E-state index contributed by atoms with van der Waals surface area (Å²) in [4.78, 5) is 27.4. The number of halogens is 1. The third kappa shape index (κ3) is 4.82. The van der Waals surface area contributed by atoms with Gasteiger partial charge in [-0.15, -0.1) is 0 Å². The zero-order chi connectivity index (χ0) is 19.9. The maximum Gasteiger partial charge on any atom is 0.265 e. The van der Waals surface area contributed by atoms with Gasteiger partial charge in [-0.05, 0) is 30.7 Å². The average Bonchev–Trinajstić information content (AvgIpc) is 2.73. The van der Waals surface area contributed by atoms with Gasteiger partial charge in [-0.1, -0.05) is 42.8 Å². The standard InChI is InChI=1S/C21H23ClN2O4/c1-2-18(28-19-10-6-4-8-16(19)22)20(25)23-17-9-5-3-7-15(17)21(26)24-11-13-27-14-12-24/h3-10,18H,2,11-14H2,1H3,(H,23,25)/t18-/m1/s1. The minimum Gasteiger partial charge on any atom is -0.479 e. The Morgan fingerprint density at radius 1 is 1.14 bits per heavy atom. The van der Waals surface area contributed by atoms with Crippen molar-refractivity contribution in [3.8, 4) is 5.75 Å². The van der Waals surface area contributed by atoms with Crippen molar-refractivity contribution in [1.29, 1.82) is 0 Å². The number of amides is 2. The van der Waals surface area contributed by atoms with Crippen molar-refractivity contribution in [3.63, 3.8) is 0 Å². The van der Waals surface area contributed by atoms with E-state index in [1.165, 1.54) is 0 Å². The maximum atomic E-state index is 12.8. The Morgan fingerprint density at radius 2 is 1.82 bits per heavy atom. The van der Waals surface area contributed by atoms with Crippen molar-refractivity contribution in [2.45, 2.75) is 19.4 Å². The highest BCUT2D eigenvalue weighted by Crippen LogP contribution is 2.25. The van der Waals surface area contributed by atoms with Crippen LogP contribution in [0.25, 0.3) is 0 Å². The number of benzene rings is 2. The number of ether oxygens (including phenoxy) is 2. The summed E-state index contributed by atoms with van der Waals surface area (Å²) in [5, 5.41) is 3.28. The predicted molar refractivity (Wildman–Crippen MR) is 108 cm³/mol. The molecule has 0 saturated carbocycles. The fourth-order valence-corrected chi connectivity index (χ4v) is 3.12. The van der Waals surface area contributed by atoms with Crippen molar-refractivity contribution in [2.24, 2.45) is 0 Å². The molecule has 0 bridgehead atoms. The topological polar surface area (TPSA) is 67.9 Å². The Balaban J connectivity index is 1.74. The van der Waals surface area contributed by atoms with Crippen molar-refractivity contribution < 1.29 is 19.1 Å². The van der Waals surface area contributed by atoms with E-state index in [4.69, 9.17) is 21.1 Å². The number of morpholine rings is 1. The van der Waals surface area contributed by atoms with Crippen molar-refractivity contribution in [3.05, 3.63) is 59.1 Å². The van der Waals surface area contributed by atoms with Crippen molar-refractivity contribution in [1.82, 2.24) is 4.90 Å². The van der Waals surface area contributed by atoms with Crippen LogP contribution in [-0.4, -0.2) is 49.1 Å². The summed E-state index contributed by atoms with van der Waals surface area (Å²) in [6.07, 6.45) is -0.275. The van der Waals surface area contributed by atoms with Crippen molar-refractivity contribution >= 4 is 29.1 Å². The fourth-order valence-electron chi connectivity index (χ4n) is 2.94. The summed E-state index contributed by atoms with van der Waals surface area (Å²) in [5.41, 5.74) is 0.913. The molecular formula is C21H23ClN2O4. The number of nitrogens with one attached hydrogen (secondary N) is 1. The Labute approximate surface area is 169 Å². The lowest BCUT2D eigenvalue weighted by Gasteiger charge is -2.27. The van der Waals surface area contributed by atoms with E-state index in [-0.39, 0.29) is 11.8 Å². The Kier molecular flexibility index (Phi) is 6.90. The number of carbonyl (C=O) groups is 2. The lowest BCUT2D eigenvalue weighted by molar-refractivity contribution is -0.122. The zero-order valence-corrected chi connectivity index (χ0v) is 16.4. The molecule has 1 atom stereocenters. The first-order valence-corrected chi connectivity index (χ1v) is 9.66. The second kappa shape index (κ2) is 9.57. The van der Waals surface area contributed by atoms with Gasteiger partial charge in [-0.25, -0.2) is 0 Å². The van der Waals surface area contributed by atoms with E-state index in [1.54, 1.807) is 53.4 Å². The van der Waals surface area contributed by atoms with E-state index in [0.717, 1.165) is 0 Å². The molecule has 3 rings (SSSR count). The van der Waals surface area contributed by atoms with E-state index in [0.29, 0.717) is 54.7 Å². The van der Waals surface area contributed by atoms with E-state index < -0.39 is 6.10 Å². The molecule has 0 spiro atoms. The van der Waals surface area contributed by atoms with E-state index >= 15 is 0 Å². The molecule has 6 nitrogen and oxygen atoms in total. The summed E-state index contributed by atoms with van der Waals surface area (Å²) >= 11 is 6.13. The number of para-hydroxylation sites is 2. The van der Waals surface area contributed by atoms with Gasteiger partial charge in [0, 0.05) is 13.1 Å². The first-order valence-electron chi connectivity index (χ1n) is 9.28. The number of nitrogens with zero attached hydrogens (tertiary/aromatic N) is 1. The van der Waals surface area contributed by atoms with Crippen LogP contribution in [0.4, 0.5) is 5.69 Å². The molecule has 2 aromatic rings. The number of rotatable bonds is 6. The van der Waals surface area contributed by atoms with Crippen LogP contribution in [-0.2, 0) is 9.53 Å². The quantitative estimate of drug-likeness (QED) is 0.801. The number of anilines is 1. The largest absolute Gasteiger partial charge is 0.479 e. The molecule has 148 valence electrons. The lowest BCUT2D eigenvalue weighted by Crippen LogP contribution is -2.41. The van der Waals surface area contributed by atoms with E-state index in [1.807, 2.05) is 6.92 Å². The van der Waals surface area contributed by atoms with Crippen LogP contribution in [0.15, 0.2) is 48.5 Å². The van der Waals surface area contributed by atoms with Gasteiger partial charge in [-0.3, -0.25) is 9.59 Å². The molecule has 1 N–H and O–H groups in total. The van der Waals surface area contributed by atoms with Crippen LogP contribution in [0.1, 0.15) is 23.7 Å². The summed E-state index contributed by atoms with van der Waals surface area (Å²) in [6, 6.07) is 14.0. The monoisotopic (exact) mass is 402 g/mol. The van der Waals surface area contributed by atoms with Gasteiger partial charge in [0.05, 0.1) is 29.5 Å². The molecule has 0 aromatic heterocycles. The molecule has 1 aliphatic heterocycles. The highest BCUT2D eigenvalue weighted by molar-refractivity contribution is 6.32. The smallest absolute Gasteiger partial charge is 0.265 e. The molecule has 0 unspecified atom stereocenters. The molecule has 1 aliphatic rings. The second-order valence-corrected chi connectivity index (χ2v) is 6.79. The Bertz CT molecular complexity index is 837. The molecule has 1 saturated heterocycles. The van der Waals surface area contributed by atoms with Gasteiger partial charge in [-0.2, -0.15) is 0 Å². The summed E-state index contributed by atoms with van der Waals surface area (Å²) in [6.45, 7) is 3.96. The minimum absolute atomic E-state index is 0.126. The van der Waals surface area contributed by atoms with Gasteiger partial charge in [0.25, 0.3) is 11.8 Å². The number of carbonyl (C=O) groups excluding carboxylic acids is 2. The maximum absolute atomic E-state index is 12.8. The molecule has 0 radical (unpaired) electrons. The third-order valence-electron chi connectivity index (χ3n) is 4.48. The SMILES string of the molecule is CC[C@@H](Oc1ccccc1Cl)C(=O)Nc1ccccc1C(=O)N1CCOCC1. The molecular weight excluding hydrogens is 380 g/mol. The Morgan fingerprint density at radius 3 is 2.54 bits per heavy atom. The first kappa shape index (κ1) is 20.2. The highest BCUT2D eigenvalue weighted by atomic mass is 35.5. The average molecular weight is 403 g/mol. The van der Waals surface area contributed by atoms with Gasteiger partial charge in [0.2, 0.25) is 0 Å². The fraction of sp³-hybridized carbons (Fsp3) is 0.333. The highest BCUT2D eigenvalue weighted by Gasteiger charge is 2.24. The van der Waals surface area contributed by atoms with Crippen LogP contribution in [0, 0.1) is 0 Å². The zero-order valence-electron chi connectivity index (χ0n) is 15.7. The number of hydrogen-bond donors (Lipinski definition) is 1.